The molecule has 0 saturated carbocycles. The summed E-state index contributed by atoms with van der Waals surface area (Å²) in [6.45, 7) is 15.6. The van der Waals surface area contributed by atoms with Crippen molar-refractivity contribution in [2.75, 3.05) is 6.79 Å². The molecule has 0 radical (unpaired) electrons. The molecule has 0 aliphatic carbocycles. The zero-order valence-corrected chi connectivity index (χ0v) is 21.5. The minimum absolute atomic E-state index is 0.269. The quantitative estimate of drug-likeness (QED) is 0.274. The maximum absolute atomic E-state index is 5.64. The molecule has 0 spiro atoms. The number of fused-ring (bicyclic) bond motifs is 4. The van der Waals surface area contributed by atoms with Gasteiger partial charge in [0.15, 0.2) is 17.1 Å². The summed E-state index contributed by atoms with van der Waals surface area (Å²) in [5.74, 6) is 1.58. The number of nitrogens with zero attached hydrogens (tertiary/aromatic N) is 4. The normalized spacial score (nSPS) is 12.7. The van der Waals surface area contributed by atoms with Crippen molar-refractivity contribution in [1.82, 2.24) is 19.2 Å². The number of rotatable bonds is 5. The molecule has 0 saturated heterocycles. The Kier molecular flexibility index (Phi) is 5.14. The Hall–Kier alpha value is -4.06. The van der Waals surface area contributed by atoms with E-state index in [1.807, 2.05) is 16.7 Å². The van der Waals surface area contributed by atoms with Gasteiger partial charge in [-0.1, -0.05) is 29.8 Å². The molecule has 1 aliphatic heterocycles. The first kappa shape index (κ1) is 22.4. The highest BCUT2D eigenvalue weighted by Crippen LogP contribution is 2.37. The SMILES string of the molecule is C=CCc1cc2c(C)nc3c(-c4c(C)cc(C)cc4C)c(C)nn3c2n1Cc1ccc2c(c1)OCO2. The molecular weight excluding hydrogens is 448 g/mol. The predicted molar refractivity (Wildman–Crippen MR) is 143 cm³/mol. The molecule has 0 bridgehead atoms. The molecule has 6 heteroatoms. The Morgan fingerprint density at radius 1 is 0.917 bits per heavy atom. The van der Waals surface area contributed by atoms with Gasteiger partial charge >= 0.3 is 0 Å². The Morgan fingerprint density at radius 2 is 1.67 bits per heavy atom. The molecule has 0 N–H and O–H groups in total. The van der Waals surface area contributed by atoms with Crippen LogP contribution in [0.2, 0.25) is 0 Å². The second kappa shape index (κ2) is 8.26. The van der Waals surface area contributed by atoms with E-state index in [2.05, 4.69) is 76.1 Å². The Labute approximate surface area is 210 Å². The molecule has 4 heterocycles. The number of ether oxygens (including phenoxy) is 2. The van der Waals surface area contributed by atoms with E-state index in [0.29, 0.717) is 6.54 Å². The van der Waals surface area contributed by atoms with Crippen molar-refractivity contribution < 1.29 is 9.47 Å². The Balaban J connectivity index is 1.62. The fourth-order valence-electron chi connectivity index (χ4n) is 5.65. The van der Waals surface area contributed by atoms with Crippen molar-refractivity contribution in [2.45, 2.75) is 47.6 Å². The lowest BCUT2D eigenvalue weighted by atomic mass is 9.94. The molecule has 6 rings (SSSR count). The van der Waals surface area contributed by atoms with Crippen molar-refractivity contribution >= 4 is 16.7 Å². The third kappa shape index (κ3) is 3.40. The molecule has 3 aromatic heterocycles. The maximum Gasteiger partial charge on any atom is 0.231 e. The largest absolute Gasteiger partial charge is 0.454 e. The van der Waals surface area contributed by atoms with Crippen molar-refractivity contribution in [2.24, 2.45) is 0 Å². The number of aromatic nitrogens is 4. The number of hydrogen-bond donors (Lipinski definition) is 0. The second-order valence-electron chi connectivity index (χ2n) is 9.81. The highest BCUT2D eigenvalue weighted by molar-refractivity contribution is 5.90. The average molecular weight is 479 g/mol. The second-order valence-corrected chi connectivity index (χ2v) is 9.81. The smallest absolute Gasteiger partial charge is 0.231 e. The van der Waals surface area contributed by atoms with E-state index in [1.54, 1.807) is 0 Å². The van der Waals surface area contributed by atoms with Crippen LogP contribution in [0.1, 0.15) is 39.3 Å². The molecule has 0 unspecified atom stereocenters. The van der Waals surface area contributed by atoms with E-state index >= 15 is 0 Å². The standard InChI is InChI=1S/C30H30N4O2/c1-7-8-23-14-24-20(5)31-29-28(27-18(3)11-17(2)12-19(27)4)21(6)32-34(29)30(24)33(23)15-22-9-10-25-26(13-22)36-16-35-25/h7,9-14H,1,8,15-16H2,2-6H3. The molecule has 0 fully saturated rings. The van der Waals surface area contributed by atoms with Crippen LogP contribution in [0.3, 0.4) is 0 Å². The topological polar surface area (TPSA) is 53.6 Å². The summed E-state index contributed by atoms with van der Waals surface area (Å²) >= 11 is 0. The molecule has 0 atom stereocenters. The fraction of sp³-hybridized carbons (Fsp3) is 0.267. The summed E-state index contributed by atoms with van der Waals surface area (Å²) in [7, 11) is 0. The molecule has 1 aliphatic rings. The van der Waals surface area contributed by atoms with Gasteiger partial charge in [0, 0.05) is 24.0 Å². The van der Waals surface area contributed by atoms with Gasteiger partial charge in [-0.15, -0.1) is 6.58 Å². The summed E-state index contributed by atoms with van der Waals surface area (Å²) in [5, 5.41) is 6.16. The fourth-order valence-corrected chi connectivity index (χ4v) is 5.65. The van der Waals surface area contributed by atoms with E-state index in [9.17, 15) is 0 Å². The zero-order chi connectivity index (χ0) is 25.1. The highest BCUT2D eigenvalue weighted by Gasteiger charge is 2.23. The van der Waals surface area contributed by atoms with Crippen LogP contribution in [0.4, 0.5) is 0 Å². The van der Waals surface area contributed by atoms with Gasteiger partial charge in [0.1, 0.15) is 5.65 Å². The zero-order valence-electron chi connectivity index (χ0n) is 21.5. The van der Waals surface area contributed by atoms with Crippen molar-refractivity contribution in [1.29, 1.82) is 0 Å². The van der Waals surface area contributed by atoms with Crippen LogP contribution in [0.25, 0.3) is 27.8 Å². The van der Waals surface area contributed by atoms with E-state index in [0.717, 1.165) is 57.1 Å². The van der Waals surface area contributed by atoms with Crippen LogP contribution in [-0.2, 0) is 13.0 Å². The van der Waals surface area contributed by atoms with Gasteiger partial charge in [0.2, 0.25) is 6.79 Å². The van der Waals surface area contributed by atoms with Crippen LogP contribution in [-0.4, -0.2) is 26.0 Å². The van der Waals surface area contributed by atoms with Gasteiger partial charge in [-0.05, 0) is 75.1 Å². The molecule has 182 valence electrons. The lowest BCUT2D eigenvalue weighted by Crippen LogP contribution is -2.08. The molecule has 36 heavy (non-hydrogen) atoms. The third-order valence-corrected chi connectivity index (χ3v) is 7.11. The average Bonchev–Trinajstić information content (AvgIpc) is 3.51. The van der Waals surface area contributed by atoms with Crippen molar-refractivity contribution in [3.05, 3.63) is 88.4 Å². The van der Waals surface area contributed by atoms with Gasteiger partial charge in [0.05, 0.1) is 17.0 Å². The van der Waals surface area contributed by atoms with Gasteiger partial charge in [0.25, 0.3) is 0 Å². The summed E-state index contributed by atoms with van der Waals surface area (Å²) in [6.07, 6.45) is 2.70. The van der Waals surface area contributed by atoms with E-state index in [1.165, 1.54) is 27.9 Å². The van der Waals surface area contributed by atoms with E-state index < -0.39 is 0 Å². The van der Waals surface area contributed by atoms with Crippen LogP contribution in [0, 0.1) is 34.6 Å². The number of benzene rings is 2. The first-order valence-electron chi connectivity index (χ1n) is 12.3. The summed E-state index contributed by atoms with van der Waals surface area (Å²) in [6, 6.07) is 12.8. The first-order chi connectivity index (χ1) is 17.4. The highest BCUT2D eigenvalue weighted by atomic mass is 16.7. The number of aryl methyl sites for hydroxylation is 5. The molecule has 6 nitrogen and oxygen atoms in total. The monoisotopic (exact) mass is 478 g/mol. The van der Waals surface area contributed by atoms with Gasteiger partial charge in [-0.2, -0.15) is 9.61 Å². The molecule has 5 aromatic rings. The summed E-state index contributed by atoms with van der Waals surface area (Å²) < 4.78 is 15.5. The molecule has 2 aromatic carbocycles. The maximum atomic E-state index is 5.64. The van der Waals surface area contributed by atoms with Crippen LogP contribution in [0.5, 0.6) is 11.5 Å². The van der Waals surface area contributed by atoms with Crippen LogP contribution in [0.15, 0.2) is 49.1 Å². The molecular formula is C30H30N4O2. The van der Waals surface area contributed by atoms with Crippen LogP contribution >= 0.6 is 0 Å². The summed E-state index contributed by atoms with van der Waals surface area (Å²) in [4.78, 5) is 5.10. The third-order valence-electron chi connectivity index (χ3n) is 7.11. The Morgan fingerprint density at radius 3 is 2.42 bits per heavy atom. The van der Waals surface area contributed by atoms with E-state index in [-0.39, 0.29) is 6.79 Å². The van der Waals surface area contributed by atoms with E-state index in [4.69, 9.17) is 19.6 Å². The minimum atomic E-state index is 0.269. The first-order valence-corrected chi connectivity index (χ1v) is 12.3. The summed E-state index contributed by atoms with van der Waals surface area (Å²) in [5.41, 5.74) is 12.3. The van der Waals surface area contributed by atoms with Crippen molar-refractivity contribution in [3.8, 4) is 22.6 Å². The van der Waals surface area contributed by atoms with Gasteiger partial charge < -0.3 is 14.0 Å². The van der Waals surface area contributed by atoms with Crippen LogP contribution < -0.4 is 9.47 Å². The van der Waals surface area contributed by atoms with Gasteiger partial charge in [-0.25, -0.2) is 4.98 Å². The number of hydrogen-bond acceptors (Lipinski definition) is 4. The lowest BCUT2D eigenvalue weighted by molar-refractivity contribution is 0.174. The van der Waals surface area contributed by atoms with Gasteiger partial charge in [-0.3, -0.25) is 0 Å². The van der Waals surface area contributed by atoms with Crippen molar-refractivity contribution in [3.63, 3.8) is 0 Å². The predicted octanol–water partition coefficient (Wildman–Crippen LogP) is 6.40. The number of allylic oxidation sites excluding steroid dienone is 1. The minimum Gasteiger partial charge on any atom is -0.454 e. The lowest BCUT2D eigenvalue weighted by Gasteiger charge is -2.13. The molecule has 0 amide bonds. The Bertz CT molecular complexity index is 1670.